The molecule has 3 N–H and O–H groups in total. The van der Waals surface area contributed by atoms with Crippen LogP contribution in [0, 0.1) is 10.1 Å². The van der Waals surface area contributed by atoms with E-state index >= 15 is 0 Å². The third kappa shape index (κ3) is 4.68. The summed E-state index contributed by atoms with van der Waals surface area (Å²) in [4.78, 5) is 22.6. The zero-order valence-corrected chi connectivity index (χ0v) is 20.5. The Balaban J connectivity index is 1.70. The summed E-state index contributed by atoms with van der Waals surface area (Å²) in [5, 5.41) is 22.5. The number of fused-ring (bicyclic) bond motifs is 1. The predicted molar refractivity (Wildman–Crippen MR) is 135 cm³/mol. The molecule has 11 nitrogen and oxygen atoms in total. The van der Waals surface area contributed by atoms with E-state index in [2.05, 4.69) is 32.0 Å². The highest BCUT2D eigenvalue weighted by Gasteiger charge is 2.45. The number of ether oxygens (including phenoxy) is 1. The van der Waals surface area contributed by atoms with Crippen molar-refractivity contribution in [1.29, 1.82) is 0 Å². The number of hydrogen-bond donors (Lipinski definition) is 3. The fourth-order valence-corrected chi connectivity index (χ4v) is 4.25. The highest BCUT2D eigenvalue weighted by Crippen LogP contribution is 2.31. The molecule has 3 aromatic rings. The molecular formula is C24H30N8O3. The number of nitro groups is 1. The summed E-state index contributed by atoms with van der Waals surface area (Å²) in [7, 11) is 9.02. The molecule has 1 atom stereocenters. The molecule has 0 saturated heterocycles. The van der Waals surface area contributed by atoms with Gasteiger partial charge < -0.3 is 24.8 Å². The summed E-state index contributed by atoms with van der Waals surface area (Å²) in [5.74, 6) is 0.647. The van der Waals surface area contributed by atoms with Crippen molar-refractivity contribution in [2.75, 3.05) is 40.1 Å². The summed E-state index contributed by atoms with van der Waals surface area (Å²) in [6.45, 7) is 0.620. The number of nitrogens with one attached hydrogen (secondary N) is 3. The van der Waals surface area contributed by atoms with E-state index in [1.807, 2.05) is 61.1 Å². The molecule has 11 heteroatoms. The predicted octanol–water partition coefficient (Wildman–Crippen LogP) is 2.49. The molecule has 35 heavy (non-hydrogen) atoms. The number of aryl methyl sites for hydroxylation is 1. The van der Waals surface area contributed by atoms with Crippen LogP contribution in [0.25, 0.3) is 22.2 Å². The Kier molecular flexibility index (Phi) is 6.72. The summed E-state index contributed by atoms with van der Waals surface area (Å²) in [6, 6.07) is 9.92. The lowest BCUT2D eigenvalue weighted by molar-refractivity contribution is -0.438. The number of aromatic nitrogens is 3. The highest BCUT2D eigenvalue weighted by molar-refractivity contribution is 5.95. The van der Waals surface area contributed by atoms with Gasteiger partial charge in [-0.15, -0.1) is 0 Å². The van der Waals surface area contributed by atoms with Crippen molar-refractivity contribution < 1.29 is 9.66 Å². The number of benzene rings is 1. The maximum atomic E-state index is 12.1. The largest absolute Gasteiger partial charge is 0.481 e. The number of rotatable bonds is 9. The van der Waals surface area contributed by atoms with Crippen molar-refractivity contribution in [2.24, 2.45) is 7.05 Å². The second-order valence-electron chi connectivity index (χ2n) is 8.63. The van der Waals surface area contributed by atoms with Crippen molar-refractivity contribution in [3.8, 4) is 11.3 Å². The molecule has 1 aliphatic heterocycles. The number of anilines is 1. The lowest BCUT2D eigenvalue weighted by Gasteiger charge is -2.36. The monoisotopic (exact) mass is 478 g/mol. The average molecular weight is 479 g/mol. The van der Waals surface area contributed by atoms with Gasteiger partial charge in [-0.2, -0.15) is 0 Å². The van der Waals surface area contributed by atoms with Crippen molar-refractivity contribution in [2.45, 2.75) is 12.1 Å². The molecule has 0 amide bonds. The molecule has 0 saturated carbocycles. The Morgan fingerprint density at radius 1 is 1.29 bits per heavy atom. The minimum atomic E-state index is -1.10. The maximum absolute atomic E-state index is 12.1. The molecule has 3 heterocycles. The Morgan fingerprint density at radius 2 is 2.06 bits per heavy atom. The zero-order valence-electron chi connectivity index (χ0n) is 20.5. The lowest BCUT2D eigenvalue weighted by Crippen LogP contribution is -2.61. The minimum Gasteiger partial charge on any atom is -0.481 e. The van der Waals surface area contributed by atoms with Crippen LogP contribution in [0.5, 0.6) is 0 Å². The highest BCUT2D eigenvalue weighted by atomic mass is 16.6. The first kappa shape index (κ1) is 24.2. The molecule has 1 aromatic carbocycles. The first-order chi connectivity index (χ1) is 16.8. The fourth-order valence-electron chi connectivity index (χ4n) is 4.25. The molecule has 1 aliphatic rings. The molecule has 184 valence electrons. The average Bonchev–Trinajstić information content (AvgIpc) is 3.19. The molecule has 0 fully saturated rings. The van der Waals surface area contributed by atoms with Gasteiger partial charge in [-0.05, 0) is 33.3 Å². The van der Waals surface area contributed by atoms with Crippen molar-refractivity contribution >= 4 is 16.9 Å². The van der Waals surface area contributed by atoms with Gasteiger partial charge in [0.2, 0.25) is 11.8 Å². The first-order valence-corrected chi connectivity index (χ1v) is 11.2. The summed E-state index contributed by atoms with van der Waals surface area (Å²) in [6.07, 6.45) is 5.59. The van der Waals surface area contributed by atoms with Crippen molar-refractivity contribution in [3.05, 3.63) is 76.2 Å². The molecule has 0 bridgehead atoms. The Labute approximate surface area is 203 Å². The maximum Gasteiger partial charge on any atom is 0.288 e. The van der Waals surface area contributed by atoms with Crippen molar-refractivity contribution in [3.63, 3.8) is 0 Å². The van der Waals surface area contributed by atoms with E-state index in [-0.39, 0.29) is 10.6 Å². The molecule has 1 unspecified atom stereocenters. The number of para-hydroxylation sites is 1. The van der Waals surface area contributed by atoms with Crippen LogP contribution >= 0.6 is 0 Å². The van der Waals surface area contributed by atoms with Gasteiger partial charge in [-0.25, -0.2) is 9.97 Å². The third-order valence-corrected chi connectivity index (χ3v) is 6.13. The normalized spacial score (nSPS) is 17.9. The smallest absolute Gasteiger partial charge is 0.288 e. The zero-order chi connectivity index (χ0) is 25.2. The van der Waals surface area contributed by atoms with E-state index in [9.17, 15) is 10.1 Å². The SMILES string of the molecule is CNC1(CCN(C)C)NC(OC)=C(Nc2nccc(-c3cn(C)c4ccccc34)n2)C=C1[N+](=O)[O-]. The van der Waals surface area contributed by atoms with Gasteiger partial charge in [0.05, 0.1) is 17.7 Å². The van der Waals surface area contributed by atoms with Crippen LogP contribution in [0.3, 0.4) is 0 Å². The van der Waals surface area contributed by atoms with Crippen LogP contribution in [-0.2, 0) is 11.8 Å². The van der Waals surface area contributed by atoms with E-state index in [0.717, 1.165) is 22.2 Å². The molecule has 0 radical (unpaired) electrons. The molecule has 0 spiro atoms. The van der Waals surface area contributed by atoms with E-state index in [0.29, 0.717) is 30.5 Å². The van der Waals surface area contributed by atoms with Crippen LogP contribution < -0.4 is 16.0 Å². The molecule has 2 aromatic heterocycles. The number of methoxy groups -OCH3 is 1. The first-order valence-electron chi connectivity index (χ1n) is 11.2. The number of dihydropyridines is 1. The van der Waals surface area contributed by atoms with Gasteiger partial charge in [0.15, 0.2) is 5.66 Å². The Morgan fingerprint density at radius 3 is 2.74 bits per heavy atom. The summed E-state index contributed by atoms with van der Waals surface area (Å²) < 4.78 is 7.62. The van der Waals surface area contributed by atoms with E-state index in [1.54, 1.807) is 13.2 Å². The van der Waals surface area contributed by atoms with Gasteiger partial charge in [-0.1, -0.05) is 18.2 Å². The Hall–Kier alpha value is -3.96. The van der Waals surface area contributed by atoms with Crippen LogP contribution in [0.15, 0.2) is 66.1 Å². The van der Waals surface area contributed by atoms with E-state index in [1.165, 1.54) is 13.2 Å². The van der Waals surface area contributed by atoms with Crippen LogP contribution in [0.2, 0.25) is 0 Å². The van der Waals surface area contributed by atoms with E-state index < -0.39 is 5.66 Å². The molecular weight excluding hydrogens is 448 g/mol. The Bertz CT molecular complexity index is 1310. The fraction of sp³-hybridized carbons (Fsp3) is 0.333. The van der Waals surface area contributed by atoms with Gasteiger partial charge in [-0.3, -0.25) is 15.4 Å². The number of likely N-dealkylation sites (N-methyl/N-ethyl adjacent to an activating group) is 1. The second-order valence-corrected chi connectivity index (χ2v) is 8.63. The third-order valence-electron chi connectivity index (χ3n) is 6.13. The van der Waals surface area contributed by atoms with Gasteiger partial charge in [0.1, 0.15) is 5.70 Å². The quantitative estimate of drug-likeness (QED) is 0.314. The number of hydrogen-bond acceptors (Lipinski definition) is 9. The van der Waals surface area contributed by atoms with Crippen LogP contribution in [0.4, 0.5) is 5.95 Å². The number of allylic oxidation sites excluding steroid dienone is 1. The standard InChI is InChI=1S/C24H30N8O3/c1-25-24(11-13-30(2)3)21(32(33)34)14-19(22(29-24)35-5)28-23-26-12-10-18(27-23)17-15-31(4)20-9-7-6-8-16(17)20/h6-10,12,14-15,25,29H,11,13H2,1-5H3,(H,26,27,28). The van der Waals surface area contributed by atoms with Crippen LogP contribution in [0.1, 0.15) is 6.42 Å². The van der Waals surface area contributed by atoms with Crippen molar-refractivity contribution in [1.82, 2.24) is 30.1 Å². The lowest BCUT2D eigenvalue weighted by atomic mass is 9.97. The minimum absolute atomic E-state index is 0.0321. The van der Waals surface area contributed by atoms with E-state index in [4.69, 9.17) is 4.74 Å². The second kappa shape index (κ2) is 9.72. The number of nitrogens with zero attached hydrogens (tertiary/aromatic N) is 5. The van der Waals surface area contributed by atoms with Gasteiger partial charge in [0.25, 0.3) is 5.70 Å². The molecule has 0 aliphatic carbocycles. The van der Waals surface area contributed by atoms with Crippen LogP contribution in [-0.4, -0.2) is 64.8 Å². The topological polar surface area (TPSA) is 122 Å². The van der Waals surface area contributed by atoms with Gasteiger partial charge in [0, 0.05) is 54.9 Å². The molecule has 4 rings (SSSR count). The van der Waals surface area contributed by atoms with Gasteiger partial charge >= 0.3 is 0 Å². The summed E-state index contributed by atoms with van der Waals surface area (Å²) >= 11 is 0. The summed E-state index contributed by atoms with van der Waals surface area (Å²) in [5.41, 5.74) is 2.03.